The summed E-state index contributed by atoms with van der Waals surface area (Å²) >= 11 is 5.23. The van der Waals surface area contributed by atoms with Crippen LogP contribution in [0.2, 0.25) is 0 Å². The van der Waals surface area contributed by atoms with E-state index in [-0.39, 0.29) is 11.1 Å². The van der Waals surface area contributed by atoms with Gasteiger partial charge in [0.2, 0.25) is 0 Å². The quantitative estimate of drug-likeness (QED) is 0.543. The minimum absolute atomic E-state index is 0.277. The van der Waals surface area contributed by atoms with E-state index in [2.05, 4.69) is 0 Å². The second kappa shape index (κ2) is 7.10. The maximum Gasteiger partial charge on any atom is 0.404 e. The first-order chi connectivity index (χ1) is 11.5. The van der Waals surface area contributed by atoms with Crippen molar-refractivity contribution in [1.29, 1.82) is 0 Å². The number of carbonyl (C=O) groups excluding carboxylic acids is 1. The number of carbonyl (C=O) groups is 1. The van der Waals surface area contributed by atoms with Crippen LogP contribution >= 0.6 is 11.6 Å². The highest BCUT2D eigenvalue weighted by atomic mass is 35.5. The third kappa shape index (κ3) is 5.00. The molecular formula is C14H9ClO8S2-2. The first-order valence-corrected chi connectivity index (χ1v) is 9.66. The highest BCUT2D eigenvalue weighted by Crippen LogP contribution is 2.28. The van der Waals surface area contributed by atoms with Gasteiger partial charge < -0.3 is 13.8 Å². The predicted molar refractivity (Wildman–Crippen MR) is 83.0 cm³/mol. The minimum Gasteiger partial charge on any atom is -0.744 e. The summed E-state index contributed by atoms with van der Waals surface area (Å²) in [4.78, 5) is 10.2. The molecule has 0 N–H and O–H groups in total. The number of ether oxygens (including phenoxy) is 1. The van der Waals surface area contributed by atoms with Gasteiger partial charge in [0.25, 0.3) is 0 Å². The van der Waals surface area contributed by atoms with Gasteiger partial charge in [0, 0.05) is 11.6 Å². The van der Waals surface area contributed by atoms with E-state index in [9.17, 15) is 30.7 Å². The zero-order valence-corrected chi connectivity index (χ0v) is 14.5. The standard InChI is InChI=1S/C14H11ClO8S2/c15-14(16)23-13(9-1-5-11(6-2-9)24(17,18)19)10-3-7-12(8-4-10)25(20,21)22/h1-8,13H,(H,17,18,19)(H,20,21,22)/p-2. The molecule has 2 aromatic carbocycles. The molecule has 0 heterocycles. The van der Waals surface area contributed by atoms with Gasteiger partial charge in [-0.2, -0.15) is 0 Å². The average Bonchev–Trinajstić information content (AvgIpc) is 2.51. The summed E-state index contributed by atoms with van der Waals surface area (Å²) in [6.45, 7) is 0. The van der Waals surface area contributed by atoms with Crippen molar-refractivity contribution in [3.8, 4) is 0 Å². The smallest absolute Gasteiger partial charge is 0.404 e. The predicted octanol–water partition coefficient (Wildman–Crippen LogP) is 1.96. The lowest BCUT2D eigenvalue weighted by Crippen LogP contribution is -2.09. The first kappa shape index (κ1) is 19.3. The number of hydrogen-bond acceptors (Lipinski definition) is 8. The van der Waals surface area contributed by atoms with Gasteiger partial charge in [0.15, 0.2) is 6.10 Å². The van der Waals surface area contributed by atoms with Gasteiger partial charge in [-0.3, -0.25) is 0 Å². The maximum atomic E-state index is 11.1. The Morgan fingerprint density at radius 2 is 1.12 bits per heavy atom. The fraction of sp³-hybridized carbons (Fsp3) is 0.0714. The van der Waals surface area contributed by atoms with Crippen LogP contribution in [0, 0.1) is 0 Å². The summed E-state index contributed by atoms with van der Waals surface area (Å²) in [7, 11) is -9.28. The molecule has 0 fully saturated rings. The van der Waals surface area contributed by atoms with Crippen molar-refractivity contribution in [1.82, 2.24) is 0 Å². The SMILES string of the molecule is O=C(Cl)OC(c1ccc(S(=O)(=O)[O-])cc1)c1ccc(S(=O)(=O)[O-])cc1. The Kier molecular flexibility index (Phi) is 5.49. The van der Waals surface area contributed by atoms with Crippen molar-refractivity contribution < 1.29 is 35.5 Å². The number of benzene rings is 2. The summed E-state index contributed by atoms with van der Waals surface area (Å²) in [5.41, 5.74) is -0.607. The molecule has 2 aromatic rings. The van der Waals surface area contributed by atoms with Gasteiger partial charge in [-0.15, -0.1) is 0 Å². The van der Waals surface area contributed by atoms with Crippen molar-refractivity contribution >= 4 is 37.3 Å². The van der Waals surface area contributed by atoms with E-state index in [1.165, 1.54) is 24.3 Å². The molecule has 134 valence electrons. The van der Waals surface area contributed by atoms with Gasteiger partial charge in [-0.25, -0.2) is 21.6 Å². The van der Waals surface area contributed by atoms with Gasteiger partial charge in [-0.1, -0.05) is 24.3 Å². The Hall–Kier alpha value is -1.98. The lowest BCUT2D eigenvalue weighted by Gasteiger charge is -2.18. The van der Waals surface area contributed by atoms with E-state index < -0.39 is 41.6 Å². The van der Waals surface area contributed by atoms with Crippen LogP contribution in [0.15, 0.2) is 58.3 Å². The summed E-state index contributed by atoms with van der Waals surface area (Å²) in [6.07, 6.45) is -1.10. The number of hydrogen-bond donors (Lipinski definition) is 0. The van der Waals surface area contributed by atoms with Crippen molar-refractivity contribution in [3.05, 3.63) is 59.7 Å². The Morgan fingerprint density at radius 1 is 0.800 bits per heavy atom. The second-order valence-corrected chi connectivity index (χ2v) is 7.85. The van der Waals surface area contributed by atoms with Crippen molar-refractivity contribution in [2.75, 3.05) is 0 Å². The Balaban J connectivity index is 2.44. The Bertz CT molecular complexity index is 905. The topological polar surface area (TPSA) is 141 Å². The van der Waals surface area contributed by atoms with Crippen LogP contribution in [0.1, 0.15) is 17.2 Å². The van der Waals surface area contributed by atoms with Crippen LogP contribution in [0.4, 0.5) is 4.79 Å². The van der Waals surface area contributed by atoms with Gasteiger partial charge in [0.05, 0.1) is 9.79 Å². The third-order valence-corrected chi connectivity index (χ3v) is 4.94. The van der Waals surface area contributed by atoms with Gasteiger partial charge in [-0.05, 0) is 35.4 Å². The van der Waals surface area contributed by atoms with Crippen molar-refractivity contribution in [2.45, 2.75) is 15.9 Å². The molecule has 0 spiro atoms. The zero-order chi connectivity index (χ0) is 18.8. The largest absolute Gasteiger partial charge is 0.744 e. The van der Waals surface area contributed by atoms with E-state index in [0.29, 0.717) is 0 Å². The van der Waals surface area contributed by atoms with Crippen molar-refractivity contribution in [3.63, 3.8) is 0 Å². The summed E-state index contributed by atoms with van der Waals surface area (Å²) < 4.78 is 70.6. The molecule has 0 saturated carbocycles. The summed E-state index contributed by atoms with van der Waals surface area (Å²) in [5, 5.41) is 0. The second-order valence-electron chi connectivity index (χ2n) is 4.78. The molecule has 25 heavy (non-hydrogen) atoms. The molecule has 0 unspecified atom stereocenters. The molecule has 0 radical (unpaired) electrons. The zero-order valence-electron chi connectivity index (χ0n) is 12.2. The van der Waals surface area contributed by atoms with Crippen LogP contribution < -0.4 is 0 Å². The van der Waals surface area contributed by atoms with Crippen LogP contribution in [0.25, 0.3) is 0 Å². The third-order valence-electron chi connectivity index (χ3n) is 3.15. The number of rotatable bonds is 5. The molecule has 11 heteroatoms. The molecule has 0 aliphatic carbocycles. The van der Waals surface area contributed by atoms with E-state index in [0.717, 1.165) is 24.3 Å². The molecule has 8 nitrogen and oxygen atoms in total. The van der Waals surface area contributed by atoms with Crippen LogP contribution in [-0.4, -0.2) is 31.4 Å². The highest BCUT2D eigenvalue weighted by molar-refractivity contribution is 7.86. The molecule has 0 aromatic heterocycles. The van der Waals surface area contributed by atoms with Crippen LogP contribution in [-0.2, 0) is 25.0 Å². The number of halogens is 1. The monoisotopic (exact) mass is 404 g/mol. The molecule has 0 amide bonds. The summed E-state index contributed by atoms with van der Waals surface area (Å²) in [6, 6.07) is 9.10. The molecule has 0 aliphatic rings. The Morgan fingerprint density at radius 3 is 1.36 bits per heavy atom. The molecule has 0 atom stereocenters. The van der Waals surface area contributed by atoms with Crippen LogP contribution in [0.5, 0.6) is 0 Å². The molecule has 2 rings (SSSR count). The fourth-order valence-electron chi connectivity index (χ4n) is 2.04. The van der Waals surface area contributed by atoms with E-state index in [1.807, 2.05) is 0 Å². The first-order valence-electron chi connectivity index (χ1n) is 6.46. The van der Waals surface area contributed by atoms with Crippen LogP contribution in [0.3, 0.4) is 0 Å². The normalized spacial score (nSPS) is 12.2. The molecule has 0 bridgehead atoms. The van der Waals surface area contributed by atoms with Crippen molar-refractivity contribution in [2.24, 2.45) is 0 Å². The Labute approximate surface area is 148 Å². The summed E-state index contributed by atoms with van der Waals surface area (Å²) in [5.74, 6) is 0. The lowest BCUT2D eigenvalue weighted by atomic mass is 10.0. The maximum absolute atomic E-state index is 11.1. The van der Waals surface area contributed by atoms with E-state index in [1.54, 1.807) is 0 Å². The van der Waals surface area contributed by atoms with E-state index >= 15 is 0 Å². The van der Waals surface area contributed by atoms with E-state index in [4.69, 9.17) is 16.3 Å². The molecule has 0 aliphatic heterocycles. The molecule has 0 saturated heterocycles. The average molecular weight is 405 g/mol. The van der Waals surface area contributed by atoms with Gasteiger partial charge in [0.1, 0.15) is 20.2 Å². The fourth-order valence-corrected chi connectivity index (χ4v) is 3.07. The lowest BCUT2D eigenvalue weighted by molar-refractivity contribution is 0.142. The van der Waals surface area contributed by atoms with Gasteiger partial charge >= 0.3 is 5.43 Å². The molecular weight excluding hydrogens is 396 g/mol. The highest BCUT2D eigenvalue weighted by Gasteiger charge is 2.19. The minimum atomic E-state index is -4.64.